The Bertz CT molecular complexity index is 1320. The molecule has 0 saturated carbocycles. The van der Waals surface area contributed by atoms with E-state index in [0.29, 0.717) is 75.6 Å². The van der Waals surface area contributed by atoms with Gasteiger partial charge in [-0.15, -0.1) is 0 Å². The lowest BCUT2D eigenvalue weighted by Crippen LogP contribution is -2.14. The number of ether oxygens (including phenoxy) is 4. The van der Waals surface area contributed by atoms with E-state index in [4.69, 9.17) is 41.9 Å². The van der Waals surface area contributed by atoms with Gasteiger partial charge in [0, 0.05) is 26.2 Å². The lowest BCUT2D eigenvalue weighted by Gasteiger charge is -2.21. The zero-order valence-electron chi connectivity index (χ0n) is 23.8. The first-order chi connectivity index (χ1) is 20.7. The Balaban J connectivity index is 2.00. The molecule has 0 aliphatic carbocycles. The molecule has 0 bridgehead atoms. The van der Waals surface area contributed by atoms with Crippen molar-refractivity contribution < 1.29 is 18.9 Å². The summed E-state index contributed by atoms with van der Waals surface area (Å²) in [6.45, 7) is 2.99. The van der Waals surface area contributed by atoms with E-state index in [1.165, 1.54) is 0 Å². The molecular weight excluding hydrogens is 528 g/mol. The number of benzene rings is 4. The number of nitrogens with two attached hydrogens (primary N) is 4. The van der Waals surface area contributed by atoms with Crippen LogP contribution >= 0.6 is 0 Å². The summed E-state index contributed by atoms with van der Waals surface area (Å²) in [5.74, 6) is 2.44. The van der Waals surface area contributed by atoms with Crippen molar-refractivity contribution in [3.63, 3.8) is 0 Å². The molecule has 0 amide bonds. The Hall–Kier alpha value is -4.34. The highest BCUT2D eigenvalue weighted by atomic mass is 16.5. The Labute approximate surface area is 247 Å². The number of hydrogen-bond donors (Lipinski definition) is 4. The second-order valence-electron chi connectivity index (χ2n) is 9.35. The van der Waals surface area contributed by atoms with Gasteiger partial charge in [-0.2, -0.15) is 0 Å². The molecule has 0 aliphatic rings. The van der Waals surface area contributed by atoms with Crippen LogP contribution in [0.4, 0.5) is 0 Å². The predicted molar refractivity (Wildman–Crippen MR) is 169 cm³/mol. The Morgan fingerprint density at radius 1 is 0.381 bits per heavy atom. The second kappa shape index (κ2) is 16.2. The molecule has 4 rings (SSSR count). The van der Waals surface area contributed by atoms with Crippen molar-refractivity contribution in [2.75, 3.05) is 52.6 Å². The van der Waals surface area contributed by atoms with E-state index < -0.39 is 0 Å². The summed E-state index contributed by atoms with van der Waals surface area (Å²) in [6.07, 6.45) is 0. The standard InChI is InChI=1S/C34H40N4O4/c35-15-19-39-29-13-11-27(23-31(29)41-21-17-37)33(25-7-3-1-4-8-25)34(26-9-5-2-6-10-26)28-12-14-30(40-20-16-36)32(24-28)42-22-18-38/h1-14,23-24H,15-22,35-38H2/b34-33-. The fourth-order valence-electron chi connectivity index (χ4n) is 4.59. The highest BCUT2D eigenvalue weighted by molar-refractivity contribution is 6.05. The van der Waals surface area contributed by atoms with Crippen molar-refractivity contribution in [1.82, 2.24) is 0 Å². The summed E-state index contributed by atoms with van der Waals surface area (Å²) in [6, 6.07) is 32.4. The van der Waals surface area contributed by atoms with E-state index >= 15 is 0 Å². The summed E-state index contributed by atoms with van der Waals surface area (Å²) in [7, 11) is 0. The van der Waals surface area contributed by atoms with Gasteiger partial charge >= 0.3 is 0 Å². The molecule has 4 aromatic carbocycles. The third-order valence-corrected chi connectivity index (χ3v) is 6.34. The molecule has 220 valence electrons. The van der Waals surface area contributed by atoms with Crippen LogP contribution < -0.4 is 41.9 Å². The van der Waals surface area contributed by atoms with E-state index in [1.807, 2.05) is 72.8 Å². The largest absolute Gasteiger partial charge is 0.488 e. The molecule has 0 spiro atoms. The molecule has 8 nitrogen and oxygen atoms in total. The average Bonchev–Trinajstić information content (AvgIpc) is 3.04. The Kier molecular flexibility index (Phi) is 11.8. The molecule has 0 radical (unpaired) electrons. The Morgan fingerprint density at radius 2 is 0.714 bits per heavy atom. The fraction of sp³-hybridized carbons (Fsp3) is 0.235. The van der Waals surface area contributed by atoms with Crippen molar-refractivity contribution in [1.29, 1.82) is 0 Å². The van der Waals surface area contributed by atoms with E-state index in [0.717, 1.165) is 33.4 Å². The monoisotopic (exact) mass is 568 g/mol. The van der Waals surface area contributed by atoms with Gasteiger partial charge in [0.25, 0.3) is 0 Å². The summed E-state index contributed by atoms with van der Waals surface area (Å²) < 4.78 is 23.9. The molecule has 0 heterocycles. The van der Waals surface area contributed by atoms with Gasteiger partial charge in [0.15, 0.2) is 23.0 Å². The van der Waals surface area contributed by atoms with Crippen molar-refractivity contribution in [3.05, 3.63) is 119 Å². The molecule has 0 atom stereocenters. The Morgan fingerprint density at radius 3 is 1.05 bits per heavy atom. The van der Waals surface area contributed by atoms with E-state index in [-0.39, 0.29) is 0 Å². The van der Waals surface area contributed by atoms with Gasteiger partial charge in [-0.1, -0.05) is 72.8 Å². The van der Waals surface area contributed by atoms with Crippen LogP contribution in [0.15, 0.2) is 97.1 Å². The van der Waals surface area contributed by atoms with Crippen molar-refractivity contribution in [3.8, 4) is 23.0 Å². The molecule has 8 N–H and O–H groups in total. The van der Waals surface area contributed by atoms with Crippen LogP contribution in [0, 0.1) is 0 Å². The molecule has 0 aliphatic heterocycles. The van der Waals surface area contributed by atoms with Gasteiger partial charge < -0.3 is 41.9 Å². The average molecular weight is 569 g/mol. The van der Waals surface area contributed by atoms with Crippen molar-refractivity contribution in [2.45, 2.75) is 0 Å². The second-order valence-corrected chi connectivity index (χ2v) is 9.35. The zero-order valence-corrected chi connectivity index (χ0v) is 23.8. The van der Waals surface area contributed by atoms with Crippen LogP contribution in [0.2, 0.25) is 0 Å². The maximum Gasteiger partial charge on any atom is 0.161 e. The summed E-state index contributed by atoms with van der Waals surface area (Å²) >= 11 is 0. The van der Waals surface area contributed by atoms with Gasteiger partial charge in [-0.05, 0) is 57.7 Å². The SMILES string of the molecule is NCCOc1ccc(/C(=C(/c2ccccc2)c2ccc(OCCN)c(OCCN)c2)c2ccccc2)cc1OCCN. The third kappa shape index (κ3) is 7.90. The third-order valence-electron chi connectivity index (χ3n) is 6.34. The lowest BCUT2D eigenvalue weighted by molar-refractivity contribution is 0.278. The zero-order chi connectivity index (χ0) is 29.6. The maximum absolute atomic E-state index is 6.05. The first kappa shape index (κ1) is 30.6. The van der Waals surface area contributed by atoms with Gasteiger partial charge in [-0.3, -0.25) is 0 Å². The van der Waals surface area contributed by atoms with Crippen LogP contribution in [0.5, 0.6) is 23.0 Å². The maximum atomic E-state index is 6.05. The topological polar surface area (TPSA) is 141 Å². The molecule has 0 aromatic heterocycles. The molecule has 4 aromatic rings. The minimum absolute atomic E-state index is 0.352. The van der Waals surface area contributed by atoms with Crippen molar-refractivity contribution >= 4 is 11.1 Å². The van der Waals surface area contributed by atoms with E-state index in [2.05, 4.69) is 24.3 Å². The molecule has 0 unspecified atom stereocenters. The van der Waals surface area contributed by atoms with Crippen LogP contribution in [-0.2, 0) is 0 Å². The summed E-state index contributed by atoms with van der Waals surface area (Å²) in [4.78, 5) is 0. The molecular formula is C34H40N4O4. The highest BCUT2D eigenvalue weighted by Crippen LogP contribution is 2.42. The van der Waals surface area contributed by atoms with Gasteiger partial charge in [0.2, 0.25) is 0 Å². The first-order valence-electron chi connectivity index (χ1n) is 14.2. The fourth-order valence-corrected chi connectivity index (χ4v) is 4.59. The minimum Gasteiger partial charge on any atom is -0.488 e. The van der Waals surface area contributed by atoms with Crippen LogP contribution in [-0.4, -0.2) is 52.6 Å². The normalized spacial score (nSPS) is 11.5. The number of hydrogen-bond acceptors (Lipinski definition) is 8. The van der Waals surface area contributed by atoms with Crippen LogP contribution in [0.1, 0.15) is 22.3 Å². The summed E-state index contributed by atoms with van der Waals surface area (Å²) in [5, 5.41) is 0. The smallest absolute Gasteiger partial charge is 0.161 e. The lowest BCUT2D eigenvalue weighted by atomic mass is 9.85. The quantitative estimate of drug-likeness (QED) is 0.148. The van der Waals surface area contributed by atoms with E-state index in [1.54, 1.807) is 0 Å². The first-order valence-corrected chi connectivity index (χ1v) is 14.2. The molecule has 0 fully saturated rings. The molecule has 42 heavy (non-hydrogen) atoms. The molecule has 0 saturated heterocycles. The van der Waals surface area contributed by atoms with Gasteiger partial charge in [0.1, 0.15) is 26.4 Å². The van der Waals surface area contributed by atoms with Gasteiger partial charge in [-0.25, -0.2) is 0 Å². The number of rotatable bonds is 16. The highest BCUT2D eigenvalue weighted by Gasteiger charge is 2.20. The minimum atomic E-state index is 0.352. The van der Waals surface area contributed by atoms with Crippen LogP contribution in [0.3, 0.4) is 0 Å². The predicted octanol–water partition coefficient (Wildman–Crippen LogP) is 4.04. The molecule has 8 heteroatoms. The van der Waals surface area contributed by atoms with E-state index in [9.17, 15) is 0 Å². The van der Waals surface area contributed by atoms with Crippen molar-refractivity contribution in [2.24, 2.45) is 22.9 Å². The van der Waals surface area contributed by atoms with Gasteiger partial charge in [0.05, 0.1) is 0 Å². The summed E-state index contributed by atoms with van der Waals surface area (Å²) in [5.41, 5.74) is 28.9. The van der Waals surface area contributed by atoms with Crippen LogP contribution in [0.25, 0.3) is 11.1 Å².